The third-order valence-electron chi connectivity index (χ3n) is 3.64. The van der Waals surface area contributed by atoms with Gasteiger partial charge in [-0.15, -0.1) is 0 Å². The second-order valence-corrected chi connectivity index (χ2v) is 6.31. The maximum Gasteiger partial charge on any atom is 0.416 e. The van der Waals surface area contributed by atoms with Crippen LogP contribution in [0.5, 0.6) is 11.5 Å². The topological polar surface area (TPSA) is 73.9 Å². The van der Waals surface area contributed by atoms with Crippen LogP contribution in [0, 0.1) is 0 Å². The molecule has 2 rings (SSSR count). The van der Waals surface area contributed by atoms with Gasteiger partial charge in [0.05, 0.1) is 35.9 Å². The summed E-state index contributed by atoms with van der Waals surface area (Å²) in [5.74, 6) is -0.303. The molecule has 0 bridgehead atoms. The highest BCUT2D eigenvalue weighted by atomic mass is 35.5. The molecule has 2 aromatic rings. The van der Waals surface area contributed by atoms with Gasteiger partial charge < -0.3 is 19.5 Å². The minimum Gasteiger partial charge on any atom is -0.494 e. The van der Waals surface area contributed by atoms with E-state index in [4.69, 9.17) is 25.8 Å². The van der Waals surface area contributed by atoms with Crippen LogP contribution in [-0.4, -0.2) is 31.7 Å². The molecule has 0 heterocycles. The molecule has 0 aliphatic rings. The fourth-order valence-electron chi connectivity index (χ4n) is 2.25. The number of amides is 1. The first-order valence-electron chi connectivity index (χ1n) is 8.87. The molecule has 0 aliphatic heterocycles. The van der Waals surface area contributed by atoms with Gasteiger partial charge in [0, 0.05) is 0 Å². The Morgan fingerprint density at radius 1 is 1.03 bits per heavy atom. The van der Waals surface area contributed by atoms with Crippen LogP contribution in [0.4, 0.5) is 18.9 Å². The number of carbonyl (C=O) groups excluding carboxylic acids is 2. The number of hydrogen-bond donors (Lipinski definition) is 1. The lowest BCUT2D eigenvalue weighted by Gasteiger charge is -2.12. The van der Waals surface area contributed by atoms with Crippen molar-refractivity contribution in [1.82, 2.24) is 0 Å². The number of nitrogens with one attached hydrogen (secondary N) is 1. The molecule has 0 atom stereocenters. The van der Waals surface area contributed by atoms with Crippen molar-refractivity contribution < 1.29 is 37.0 Å². The molecule has 1 N–H and O–H groups in total. The second kappa shape index (κ2) is 10.7. The summed E-state index contributed by atoms with van der Waals surface area (Å²) in [6, 6.07) is 9.32. The minimum atomic E-state index is -4.58. The van der Waals surface area contributed by atoms with E-state index < -0.39 is 30.2 Å². The van der Waals surface area contributed by atoms with Crippen LogP contribution in [0.3, 0.4) is 0 Å². The molecule has 2 aromatic carbocycles. The van der Waals surface area contributed by atoms with E-state index in [1.165, 1.54) is 0 Å². The Balaban J connectivity index is 1.75. The van der Waals surface area contributed by atoms with Crippen LogP contribution in [-0.2, 0) is 20.5 Å². The van der Waals surface area contributed by atoms with Crippen molar-refractivity contribution in [2.45, 2.75) is 19.5 Å². The molecule has 30 heavy (non-hydrogen) atoms. The van der Waals surface area contributed by atoms with Crippen molar-refractivity contribution in [3.05, 3.63) is 53.1 Å². The smallest absolute Gasteiger partial charge is 0.416 e. The van der Waals surface area contributed by atoms with Crippen molar-refractivity contribution in [2.75, 3.05) is 25.1 Å². The van der Waals surface area contributed by atoms with Crippen molar-refractivity contribution in [2.24, 2.45) is 0 Å². The predicted molar refractivity (Wildman–Crippen MR) is 104 cm³/mol. The number of esters is 1. The number of anilines is 1. The summed E-state index contributed by atoms with van der Waals surface area (Å²) in [6.07, 6.45) is -4.70. The Labute approximate surface area is 175 Å². The molecule has 0 spiro atoms. The maximum atomic E-state index is 12.7. The Bertz CT molecular complexity index is 872. The summed E-state index contributed by atoms with van der Waals surface area (Å²) in [5, 5.41) is 2.11. The van der Waals surface area contributed by atoms with E-state index >= 15 is 0 Å². The third-order valence-corrected chi connectivity index (χ3v) is 3.97. The Kier molecular flexibility index (Phi) is 8.35. The first kappa shape index (κ1) is 23.3. The predicted octanol–water partition coefficient (Wildman–Crippen LogP) is 4.71. The van der Waals surface area contributed by atoms with Crippen molar-refractivity contribution >= 4 is 29.2 Å². The molecule has 0 unspecified atom stereocenters. The van der Waals surface area contributed by atoms with Gasteiger partial charge in [0.25, 0.3) is 5.91 Å². The van der Waals surface area contributed by atoms with E-state index in [1.807, 2.05) is 6.92 Å². The Hall–Kier alpha value is -2.94. The van der Waals surface area contributed by atoms with Gasteiger partial charge in [0.1, 0.15) is 11.5 Å². The average Bonchev–Trinajstić information content (AvgIpc) is 2.69. The zero-order valence-electron chi connectivity index (χ0n) is 15.9. The average molecular weight is 446 g/mol. The third kappa shape index (κ3) is 7.47. The van der Waals surface area contributed by atoms with E-state index in [1.54, 1.807) is 24.3 Å². The van der Waals surface area contributed by atoms with E-state index in [0.29, 0.717) is 24.2 Å². The lowest BCUT2D eigenvalue weighted by Crippen LogP contribution is -2.22. The highest BCUT2D eigenvalue weighted by Crippen LogP contribution is 2.33. The van der Waals surface area contributed by atoms with Crippen LogP contribution in [0.2, 0.25) is 5.02 Å². The molecule has 10 heteroatoms. The molecule has 0 aromatic heterocycles. The Morgan fingerprint density at radius 3 is 2.27 bits per heavy atom. The van der Waals surface area contributed by atoms with Gasteiger partial charge in [-0.25, -0.2) is 0 Å². The fourth-order valence-corrected chi connectivity index (χ4v) is 2.42. The lowest BCUT2D eigenvalue weighted by atomic mass is 10.2. The zero-order valence-corrected chi connectivity index (χ0v) is 16.7. The van der Waals surface area contributed by atoms with E-state index in [0.717, 1.165) is 12.1 Å². The first-order chi connectivity index (χ1) is 14.2. The number of carbonyl (C=O) groups is 2. The van der Waals surface area contributed by atoms with Crippen LogP contribution < -0.4 is 14.8 Å². The highest BCUT2D eigenvalue weighted by molar-refractivity contribution is 6.33. The molecule has 0 aliphatic carbocycles. The van der Waals surface area contributed by atoms with Gasteiger partial charge in [-0.3, -0.25) is 9.59 Å². The Morgan fingerprint density at radius 2 is 1.67 bits per heavy atom. The number of alkyl halides is 3. The standard InChI is InChI=1S/C20H19ClF3NO5/c1-2-28-14-4-6-15(7-5-14)29-10-9-19(27)30-12-18(26)25-17-11-13(20(22,23)24)3-8-16(17)21/h3-8,11H,2,9-10,12H2,1H3,(H,25,26). The summed E-state index contributed by atoms with van der Waals surface area (Å²) < 4.78 is 53.7. The molecule has 0 radical (unpaired) electrons. The highest BCUT2D eigenvalue weighted by Gasteiger charge is 2.31. The van der Waals surface area contributed by atoms with E-state index in [2.05, 4.69) is 5.32 Å². The molecule has 162 valence electrons. The summed E-state index contributed by atoms with van der Waals surface area (Å²) in [6.45, 7) is 1.76. The summed E-state index contributed by atoms with van der Waals surface area (Å²) in [5.41, 5.74) is -1.20. The zero-order chi connectivity index (χ0) is 22.1. The number of rotatable bonds is 9. The summed E-state index contributed by atoms with van der Waals surface area (Å²) in [7, 11) is 0. The molecule has 0 fully saturated rings. The lowest BCUT2D eigenvalue weighted by molar-refractivity contribution is -0.147. The molecule has 0 saturated heterocycles. The quantitative estimate of drug-likeness (QED) is 0.566. The van der Waals surface area contributed by atoms with Crippen LogP contribution in [0.25, 0.3) is 0 Å². The van der Waals surface area contributed by atoms with Crippen molar-refractivity contribution in [3.8, 4) is 11.5 Å². The van der Waals surface area contributed by atoms with E-state index in [-0.39, 0.29) is 23.7 Å². The maximum absolute atomic E-state index is 12.7. The molecule has 6 nitrogen and oxygen atoms in total. The molecule has 0 saturated carbocycles. The van der Waals surface area contributed by atoms with Crippen molar-refractivity contribution in [3.63, 3.8) is 0 Å². The second-order valence-electron chi connectivity index (χ2n) is 5.90. The van der Waals surface area contributed by atoms with Gasteiger partial charge in [-0.1, -0.05) is 11.6 Å². The van der Waals surface area contributed by atoms with Gasteiger partial charge >= 0.3 is 12.1 Å². The normalized spacial score (nSPS) is 11.0. The number of benzene rings is 2. The van der Waals surface area contributed by atoms with Gasteiger partial charge in [-0.05, 0) is 49.4 Å². The van der Waals surface area contributed by atoms with Crippen LogP contribution >= 0.6 is 11.6 Å². The monoisotopic (exact) mass is 445 g/mol. The fraction of sp³-hybridized carbons (Fsp3) is 0.300. The van der Waals surface area contributed by atoms with Gasteiger partial charge in [0.15, 0.2) is 6.61 Å². The molecular weight excluding hydrogens is 427 g/mol. The van der Waals surface area contributed by atoms with E-state index in [9.17, 15) is 22.8 Å². The molecular formula is C20H19ClF3NO5. The number of halogens is 4. The van der Waals surface area contributed by atoms with Gasteiger partial charge in [-0.2, -0.15) is 13.2 Å². The summed E-state index contributed by atoms with van der Waals surface area (Å²) in [4.78, 5) is 23.5. The van der Waals surface area contributed by atoms with Crippen molar-refractivity contribution in [1.29, 1.82) is 0 Å². The van der Waals surface area contributed by atoms with Crippen LogP contribution in [0.15, 0.2) is 42.5 Å². The van der Waals surface area contributed by atoms with Gasteiger partial charge in [0.2, 0.25) is 0 Å². The SMILES string of the molecule is CCOc1ccc(OCCC(=O)OCC(=O)Nc2cc(C(F)(F)F)ccc2Cl)cc1. The van der Waals surface area contributed by atoms with Crippen LogP contribution in [0.1, 0.15) is 18.9 Å². The number of ether oxygens (including phenoxy) is 3. The molecule has 1 amide bonds. The first-order valence-corrected chi connectivity index (χ1v) is 9.24. The minimum absolute atomic E-state index is 0.0217. The largest absolute Gasteiger partial charge is 0.494 e. The number of hydrogen-bond acceptors (Lipinski definition) is 5. The summed E-state index contributed by atoms with van der Waals surface area (Å²) >= 11 is 5.79.